The molecule has 0 bridgehead atoms. The van der Waals surface area contributed by atoms with E-state index >= 15 is 0 Å². The summed E-state index contributed by atoms with van der Waals surface area (Å²) in [6, 6.07) is 0. The Balaban J connectivity index is 2.41. The highest BCUT2D eigenvalue weighted by molar-refractivity contribution is 4.73. The Hall–Kier alpha value is -0.0800. The summed E-state index contributed by atoms with van der Waals surface area (Å²) >= 11 is 0. The van der Waals surface area contributed by atoms with Gasteiger partial charge in [0.15, 0.2) is 6.29 Å². The molecule has 0 aromatic rings. The van der Waals surface area contributed by atoms with Crippen molar-refractivity contribution < 1.29 is 9.47 Å². The second kappa shape index (κ2) is 3.35. The Morgan fingerprint density at radius 3 is 2.70 bits per heavy atom. The van der Waals surface area contributed by atoms with E-state index in [-0.39, 0.29) is 6.29 Å². The molecule has 0 aromatic heterocycles. The van der Waals surface area contributed by atoms with Gasteiger partial charge in [-0.05, 0) is 19.8 Å². The van der Waals surface area contributed by atoms with Crippen molar-refractivity contribution in [2.75, 3.05) is 7.11 Å². The third kappa shape index (κ3) is 1.50. The highest BCUT2D eigenvalue weighted by atomic mass is 16.7. The molecule has 0 N–H and O–H groups in total. The van der Waals surface area contributed by atoms with Gasteiger partial charge in [-0.25, -0.2) is 0 Å². The fraction of sp³-hybridized carbons (Fsp3) is 1.00. The van der Waals surface area contributed by atoms with E-state index in [1.165, 1.54) is 0 Å². The molecule has 2 heteroatoms. The molecule has 1 aliphatic rings. The maximum Gasteiger partial charge on any atom is 0.160 e. The Kier molecular flexibility index (Phi) is 2.69. The lowest BCUT2D eigenvalue weighted by Gasteiger charge is -2.13. The summed E-state index contributed by atoms with van der Waals surface area (Å²) in [4.78, 5) is 0. The van der Waals surface area contributed by atoms with Gasteiger partial charge in [0.25, 0.3) is 0 Å². The summed E-state index contributed by atoms with van der Waals surface area (Å²) in [6.07, 6.45) is 2.74. The van der Waals surface area contributed by atoms with Crippen LogP contribution in [-0.4, -0.2) is 19.5 Å². The molecule has 3 unspecified atom stereocenters. The van der Waals surface area contributed by atoms with Crippen LogP contribution >= 0.6 is 0 Å². The van der Waals surface area contributed by atoms with Crippen molar-refractivity contribution in [1.82, 2.24) is 0 Å². The van der Waals surface area contributed by atoms with E-state index in [4.69, 9.17) is 9.47 Å². The molecule has 60 valence electrons. The van der Waals surface area contributed by atoms with Crippen molar-refractivity contribution >= 4 is 0 Å². The van der Waals surface area contributed by atoms with Crippen LogP contribution in [0.15, 0.2) is 0 Å². The molecule has 0 spiro atoms. The molecule has 0 radical (unpaired) electrons. The Morgan fingerprint density at radius 2 is 2.30 bits per heavy atom. The third-order valence-electron chi connectivity index (χ3n) is 2.14. The molecular weight excluding hydrogens is 128 g/mol. The van der Waals surface area contributed by atoms with Crippen molar-refractivity contribution in [2.45, 2.75) is 39.1 Å². The van der Waals surface area contributed by atoms with E-state index in [1.807, 2.05) is 0 Å². The van der Waals surface area contributed by atoms with Crippen LogP contribution in [0.25, 0.3) is 0 Å². The number of hydrogen-bond acceptors (Lipinski definition) is 2. The van der Waals surface area contributed by atoms with Crippen molar-refractivity contribution in [2.24, 2.45) is 5.92 Å². The van der Waals surface area contributed by atoms with Crippen LogP contribution < -0.4 is 0 Å². The molecular formula is C8H16O2. The lowest BCUT2D eigenvalue weighted by atomic mass is 10.0. The smallest absolute Gasteiger partial charge is 0.160 e. The van der Waals surface area contributed by atoms with Crippen molar-refractivity contribution in [3.63, 3.8) is 0 Å². The first-order valence-corrected chi connectivity index (χ1v) is 3.96. The summed E-state index contributed by atoms with van der Waals surface area (Å²) < 4.78 is 10.7. The summed E-state index contributed by atoms with van der Waals surface area (Å²) in [5.74, 6) is 0.611. The Morgan fingerprint density at radius 1 is 1.60 bits per heavy atom. The van der Waals surface area contributed by atoms with E-state index in [0.29, 0.717) is 12.0 Å². The zero-order chi connectivity index (χ0) is 7.56. The van der Waals surface area contributed by atoms with Gasteiger partial charge in [0.1, 0.15) is 0 Å². The highest BCUT2D eigenvalue weighted by Crippen LogP contribution is 2.28. The van der Waals surface area contributed by atoms with Crippen molar-refractivity contribution in [1.29, 1.82) is 0 Å². The second-order valence-corrected chi connectivity index (χ2v) is 2.95. The van der Waals surface area contributed by atoms with Crippen LogP contribution in [0, 0.1) is 5.92 Å². The van der Waals surface area contributed by atoms with Gasteiger partial charge in [0, 0.05) is 13.0 Å². The molecule has 1 fully saturated rings. The number of ether oxygens (including phenoxy) is 2. The molecule has 1 aliphatic heterocycles. The van der Waals surface area contributed by atoms with Gasteiger partial charge in [0.05, 0.1) is 6.10 Å². The molecule has 1 saturated heterocycles. The quantitative estimate of drug-likeness (QED) is 0.588. The minimum atomic E-state index is 0.0556. The molecule has 1 heterocycles. The molecule has 0 aliphatic carbocycles. The second-order valence-electron chi connectivity index (χ2n) is 2.95. The average molecular weight is 144 g/mol. The van der Waals surface area contributed by atoms with E-state index in [0.717, 1.165) is 12.8 Å². The van der Waals surface area contributed by atoms with E-state index in [2.05, 4.69) is 13.8 Å². The number of methoxy groups -OCH3 is 1. The fourth-order valence-electron chi connectivity index (χ4n) is 1.54. The lowest BCUT2D eigenvalue weighted by Crippen LogP contribution is -2.17. The zero-order valence-corrected chi connectivity index (χ0v) is 6.96. The normalized spacial score (nSPS) is 40.5. The first kappa shape index (κ1) is 8.02. The zero-order valence-electron chi connectivity index (χ0n) is 6.96. The molecule has 0 aromatic carbocycles. The SMILES string of the molecule is CCC1CC(C)OC1OC. The van der Waals surface area contributed by atoms with Gasteiger partial charge < -0.3 is 9.47 Å². The van der Waals surface area contributed by atoms with Gasteiger partial charge in [-0.15, -0.1) is 0 Å². The monoisotopic (exact) mass is 144 g/mol. The molecule has 0 amide bonds. The first-order chi connectivity index (χ1) is 4.77. The minimum Gasteiger partial charge on any atom is -0.356 e. The first-order valence-electron chi connectivity index (χ1n) is 3.96. The van der Waals surface area contributed by atoms with Gasteiger partial charge >= 0.3 is 0 Å². The highest BCUT2D eigenvalue weighted by Gasteiger charge is 2.31. The largest absolute Gasteiger partial charge is 0.356 e. The van der Waals surface area contributed by atoms with Crippen LogP contribution in [0.5, 0.6) is 0 Å². The van der Waals surface area contributed by atoms with Gasteiger partial charge in [-0.3, -0.25) is 0 Å². The maximum absolute atomic E-state index is 5.49. The molecule has 2 nitrogen and oxygen atoms in total. The maximum atomic E-state index is 5.49. The predicted molar refractivity (Wildman–Crippen MR) is 39.7 cm³/mol. The lowest BCUT2D eigenvalue weighted by molar-refractivity contribution is -0.128. The standard InChI is InChI=1S/C8H16O2/c1-4-7-5-6(2)10-8(7)9-3/h6-8H,4-5H2,1-3H3. The Labute approximate surface area is 62.5 Å². The molecule has 1 rings (SSSR count). The summed E-state index contributed by atoms with van der Waals surface area (Å²) in [5.41, 5.74) is 0. The molecule has 3 atom stereocenters. The van der Waals surface area contributed by atoms with Gasteiger partial charge in [-0.1, -0.05) is 6.92 Å². The van der Waals surface area contributed by atoms with Crippen molar-refractivity contribution in [3.05, 3.63) is 0 Å². The fourth-order valence-corrected chi connectivity index (χ4v) is 1.54. The van der Waals surface area contributed by atoms with Crippen LogP contribution in [-0.2, 0) is 9.47 Å². The number of rotatable bonds is 2. The minimum absolute atomic E-state index is 0.0556. The number of hydrogen-bond donors (Lipinski definition) is 0. The molecule has 0 saturated carbocycles. The van der Waals surface area contributed by atoms with Crippen LogP contribution in [0.4, 0.5) is 0 Å². The van der Waals surface area contributed by atoms with E-state index < -0.39 is 0 Å². The van der Waals surface area contributed by atoms with Crippen LogP contribution in [0.2, 0.25) is 0 Å². The van der Waals surface area contributed by atoms with E-state index in [9.17, 15) is 0 Å². The van der Waals surface area contributed by atoms with Gasteiger partial charge in [-0.2, -0.15) is 0 Å². The summed E-state index contributed by atoms with van der Waals surface area (Å²) in [6.45, 7) is 4.28. The van der Waals surface area contributed by atoms with Crippen molar-refractivity contribution in [3.8, 4) is 0 Å². The van der Waals surface area contributed by atoms with E-state index in [1.54, 1.807) is 7.11 Å². The van der Waals surface area contributed by atoms with Crippen LogP contribution in [0.3, 0.4) is 0 Å². The summed E-state index contributed by atoms with van der Waals surface area (Å²) in [5, 5.41) is 0. The van der Waals surface area contributed by atoms with Gasteiger partial charge in [0.2, 0.25) is 0 Å². The third-order valence-corrected chi connectivity index (χ3v) is 2.14. The average Bonchev–Trinajstić information content (AvgIpc) is 2.30. The van der Waals surface area contributed by atoms with Crippen LogP contribution in [0.1, 0.15) is 26.7 Å². The summed E-state index contributed by atoms with van der Waals surface area (Å²) in [7, 11) is 1.71. The Bertz CT molecular complexity index is 91.4. The molecule has 10 heavy (non-hydrogen) atoms. The predicted octanol–water partition coefficient (Wildman–Crippen LogP) is 1.79. The topological polar surface area (TPSA) is 18.5 Å².